The van der Waals surface area contributed by atoms with Gasteiger partial charge in [0.1, 0.15) is 18.2 Å². The minimum absolute atomic E-state index is 0. The molecule has 6 atom stereocenters. The number of carboxylic acid groups (broad SMARTS) is 1. The number of carboxylic acids is 1. The number of aliphatic carboxylic acids is 1. The van der Waals surface area contributed by atoms with Gasteiger partial charge < -0.3 is 40.0 Å². The predicted molar refractivity (Wildman–Crippen MR) is 157 cm³/mol. The predicted octanol–water partition coefficient (Wildman–Crippen LogP) is -2.86. The van der Waals surface area contributed by atoms with Gasteiger partial charge in [0.15, 0.2) is 16.5 Å². The first-order valence-electron chi connectivity index (χ1n) is 13.9. The van der Waals surface area contributed by atoms with Gasteiger partial charge in [0.2, 0.25) is 15.8 Å². The van der Waals surface area contributed by atoms with Crippen LogP contribution in [0.15, 0.2) is 71.6 Å². The molecule has 20 heteroatoms. The van der Waals surface area contributed by atoms with Crippen LogP contribution >= 0.6 is 11.6 Å². The maximum Gasteiger partial charge on any atom is 1.00 e. The van der Waals surface area contributed by atoms with Crippen molar-refractivity contribution in [2.75, 3.05) is 6.54 Å². The largest absolute Gasteiger partial charge is 1.00 e. The third-order valence-electron chi connectivity index (χ3n) is 7.33. The zero-order valence-corrected chi connectivity index (χ0v) is 28.9. The summed E-state index contributed by atoms with van der Waals surface area (Å²) in [6.07, 6.45) is -9.90. The minimum atomic E-state index is -4.95. The summed E-state index contributed by atoms with van der Waals surface area (Å²) >= 11 is 5.81. The number of hydrogen-bond donors (Lipinski definition) is 5. The van der Waals surface area contributed by atoms with Gasteiger partial charge in [-0.15, -0.1) is 0 Å². The van der Waals surface area contributed by atoms with E-state index in [-0.39, 0.29) is 35.1 Å². The number of carbonyl (C=O) groups excluding carboxylic acids is 2. The van der Waals surface area contributed by atoms with Gasteiger partial charge in [-0.1, -0.05) is 35.9 Å². The fraction of sp³-hybridized carbons (Fsp3) is 0.310. The Morgan fingerprint density at radius 2 is 1.76 bits per heavy atom. The molecule has 0 aromatic heterocycles. The molecule has 49 heavy (non-hydrogen) atoms. The van der Waals surface area contributed by atoms with Crippen LogP contribution in [0.1, 0.15) is 22.3 Å². The summed E-state index contributed by atoms with van der Waals surface area (Å²) in [6.45, 7) is -1.73. The average Bonchev–Trinajstić information content (AvgIpc) is 3.05. The van der Waals surface area contributed by atoms with Crippen LogP contribution in [0, 0.1) is 21.7 Å². The molecule has 15 nitrogen and oxygen atoms in total. The molecule has 1 saturated heterocycles. The van der Waals surface area contributed by atoms with Gasteiger partial charge in [0.05, 0.1) is 29.8 Å². The van der Waals surface area contributed by atoms with Crippen molar-refractivity contribution in [1.29, 1.82) is 0 Å². The van der Waals surface area contributed by atoms with Crippen molar-refractivity contribution in [3.63, 3.8) is 0 Å². The molecular weight excluding hydrogens is 711 g/mol. The van der Waals surface area contributed by atoms with Crippen LogP contribution in [-0.4, -0.2) is 83.3 Å². The SMILES string of the molecule is O=C(NC[C@@H](O)[C@@H](O)[C@@H]1O[C@@](OCc2cccc(F)c2F)(C(=O)[O-])C[C@H](O)[C@H]1NS(=O)(=O)c1ccccc1[N+](=O)[O-])c1ccc(Cl)cc1.[Na+]. The van der Waals surface area contributed by atoms with E-state index in [1.54, 1.807) is 0 Å². The van der Waals surface area contributed by atoms with Crippen LogP contribution in [0.4, 0.5) is 14.5 Å². The number of nitrogens with one attached hydrogen (secondary N) is 2. The number of amides is 1. The van der Waals surface area contributed by atoms with E-state index in [1.807, 2.05) is 4.72 Å². The first kappa shape index (κ1) is 40.3. The van der Waals surface area contributed by atoms with Gasteiger partial charge >= 0.3 is 29.6 Å². The molecule has 4 rings (SSSR count). The number of hydrogen-bond acceptors (Lipinski definition) is 12. The number of nitro benzene ring substituents is 1. The summed E-state index contributed by atoms with van der Waals surface area (Å²) in [6, 6.07) is 10.5. The fourth-order valence-corrected chi connectivity index (χ4v) is 6.42. The summed E-state index contributed by atoms with van der Waals surface area (Å²) < 4.78 is 67.5. The first-order valence-corrected chi connectivity index (χ1v) is 15.7. The molecule has 0 radical (unpaired) electrons. The number of carbonyl (C=O) groups is 2. The van der Waals surface area contributed by atoms with Gasteiger partial charge in [-0.25, -0.2) is 21.9 Å². The van der Waals surface area contributed by atoms with Gasteiger partial charge in [-0.3, -0.25) is 14.9 Å². The molecule has 1 aliphatic heterocycles. The van der Waals surface area contributed by atoms with E-state index in [2.05, 4.69) is 5.32 Å². The maximum absolute atomic E-state index is 14.3. The van der Waals surface area contributed by atoms with Crippen molar-refractivity contribution in [3.8, 4) is 0 Å². The van der Waals surface area contributed by atoms with Crippen LogP contribution < -0.4 is 44.7 Å². The molecule has 3 aromatic carbocycles. The van der Waals surface area contributed by atoms with Gasteiger partial charge in [0.25, 0.3) is 11.6 Å². The van der Waals surface area contributed by atoms with Gasteiger partial charge in [0, 0.05) is 35.2 Å². The van der Waals surface area contributed by atoms with E-state index in [0.29, 0.717) is 5.02 Å². The number of aliphatic hydroxyl groups is 3. The number of benzene rings is 3. The van der Waals surface area contributed by atoms with Crippen LogP contribution in [0.25, 0.3) is 0 Å². The van der Waals surface area contributed by atoms with Crippen LogP contribution in [0.2, 0.25) is 5.02 Å². The van der Waals surface area contributed by atoms with E-state index in [9.17, 15) is 57.3 Å². The van der Waals surface area contributed by atoms with Gasteiger partial charge in [-0.2, -0.15) is 0 Å². The molecule has 1 aliphatic rings. The molecular formula is C29H27ClF2N3NaO12S. The Bertz CT molecular complexity index is 1790. The first-order chi connectivity index (χ1) is 22.6. The van der Waals surface area contributed by atoms with Crippen molar-refractivity contribution in [2.45, 2.75) is 54.2 Å². The summed E-state index contributed by atoms with van der Waals surface area (Å²) in [5.41, 5.74) is -1.27. The van der Waals surface area contributed by atoms with Crippen LogP contribution in [0.3, 0.4) is 0 Å². The zero-order chi connectivity index (χ0) is 35.4. The summed E-state index contributed by atoms with van der Waals surface area (Å²) in [4.78, 5) is 34.6. The van der Waals surface area contributed by atoms with Crippen molar-refractivity contribution < 1.29 is 91.2 Å². The number of nitro groups is 1. The Hall–Kier alpha value is -3.14. The minimum Gasteiger partial charge on any atom is -0.544 e. The smallest absolute Gasteiger partial charge is 0.544 e. The Labute approximate surface area is 304 Å². The summed E-state index contributed by atoms with van der Waals surface area (Å²) in [5, 5.41) is 59.6. The summed E-state index contributed by atoms with van der Waals surface area (Å²) in [5.74, 6) is -8.70. The molecule has 0 bridgehead atoms. The summed E-state index contributed by atoms with van der Waals surface area (Å²) in [7, 11) is -4.95. The molecule has 258 valence electrons. The van der Waals surface area contributed by atoms with Crippen molar-refractivity contribution in [3.05, 3.63) is 105 Å². The standard InChI is InChI=1S/C29H28ClF2N3O12S.Na/c30-17-10-8-15(9-11-17)27(39)33-13-21(37)25(38)26-24(34-48(44,45)22-7-2-1-6-19(22)35(42)43)20(36)12-29(47-26,28(40)41)46-14-16-4-3-5-18(31)23(16)32;/h1-11,20-21,24-26,34,36-38H,12-14H2,(H,33,39)(H,40,41);/q;+1/p-1/t20-,21+,24+,25+,26+,29+;/m0./s1. The van der Waals surface area contributed by atoms with Crippen LogP contribution in [0.5, 0.6) is 0 Å². The second kappa shape index (κ2) is 16.7. The van der Waals surface area contributed by atoms with Gasteiger partial charge in [-0.05, 0) is 36.4 Å². The number of aliphatic hydroxyl groups excluding tert-OH is 3. The Kier molecular flexibility index (Phi) is 13.7. The van der Waals surface area contributed by atoms with E-state index in [4.69, 9.17) is 21.1 Å². The average molecular weight is 738 g/mol. The van der Waals surface area contributed by atoms with Crippen LogP contribution in [-0.2, 0) is 30.9 Å². The number of ether oxygens (including phenoxy) is 2. The fourth-order valence-electron chi connectivity index (χ4n) is 4.85. The third kappa shape index (κ3) is 9.35. The maximum atomic E-state index is 14.3. The molecule has 0 spiro atoms. The normalized spacial score (nSPS) is 22.0. The van der Waals surface area contributed by atoms with E-state index < -0.39 is 110 Å². The Morgan fingerprint density at radius 1 is 1.10 bits per heavy atom. The zero-order valence-electron chi connectivity index (χ0n) is 25.4. The topological polar surface area (TPSA) is 238 Å². The Morgan fingerprint density at radius 3 is 2.39 bits per heavy atom. The second-order valence-electron chi connectivity index (χ2n) is 10.5. The monoisotopic (exact) mass is 737 g/mol. The van der Waals surface area contributed by atoms with E-state index in [1.165, 1.54) is 30.3 Å². The molecule has 0 unspecified atom stereocenters. The van der Waals surface area contributed by atoms with Crippen molar-refractivity contribution in [1.82, 2.24) is 10.0 Å². The molecule has 1 fully saturated rings. The molecule has 5 N–H and O–H groups in total. The van der Waals surface area contributed by atoms with Crippen molar-refractivity contribution in [2.24, 2.45) is 0 Å². The molecule has 1 amide bonds. The van der Waals surface area contributed by atoms with E-state index in [0.717, 1.165) is 36.4 Å². The number of nitrogens with zero attached hydrogens (tertiary/aromatic N) is 1. The van der Waals surface area contributed by atoms with Crippen molar-refractivity contribution >= 4 is 39.2 Å². The molecule has 0 saturated carbocycles. The second-order valence-corrected chi connectivity index (χ2v) is 12.7. The quantitative estimate of drug-likeness (QED) is 0.0677. The number of para-hydroxylation sites is 1. The number of rotatable bonds is 13. The molecule has 3 aromatic rings. The molecule has 1 heterocycles. The van der Waals surface area contributed by atoms with E-state index >= 15 is 0 Å². The third-order valence-corrected chi connectivity index (χ3v) is 9.09. The number of halogens is 3. The molecule has 0 aliphatic carbocycles. The number of sulfonamides is 1. The Balaban J connectivity index is 0.00000650.